The third-order valence-electron chi connectivity index (χ3n) is 6.22. The summed E-state index contributed by atoms with van der Waals surface area (Å²) in [7, 11) is 0. The molecule has 3 rings (SSSR count). The fraction of sp³-hybridized carbons (Fsp3) is 1.00. The summed E-state index contributed by atoms with van der Waals surface area (Å²) in [6.07, 6.45) is 17.0. The van der Waals surface area contributed by atoms with Crippen molar-refractivity contribution in [1.82, 2.24) is 0 Å². The predicted molar refractivity (Wildman–Crippen MR) is 69.4 cm³/mol. The van der Waals surface area contributed by atoms with E-state index in [0.717, 1.165) is 23.2 Å². The average Bonchev–Trinajstić information content (AvgIpc) is 2.77. The molecule has 0 aliphatic heterocycles. The Balaban J connectivity index is 1.76. The predicted octanol–water partition coefficient (Wildman–Crippen LogP) is 5.17. The summed E-state index contributed by atoms with van der Waals surface area (Å²) in [5.41, 5.74) is 0.742. The van der Waals surface area contributed by atoms with E-state index in [9.17, 15) is 0 Å². The van der Waals surface area contributed by atoms with Crippen LogP contribution in [0, 0.1) is 23.2 Å². The van der Waals surface area contributed by atoms with Gasteiger partial charge >= 0.3 is 0 Å². The van der Waals surface area contributed by atoms with Crippen LogP contribution in [0.5, 0.6) is 0 Å². The minimum Gasteiger partial charge on any atom is -0.0594 e. The van der Waals surface area contributed by atoms with Crippen molar-refractivity contribution < 1.29 is 0 Å². The smallest absolute Gasteiger partial charge is 0.0295 e. The van der Waals surface area contributed by atoms with Crippen LogP contribution in [0.2, 0.25) is 0 Å². The van der Waals surface area contributed by atoms with E-state index >= 15 is 0 Å². The highest BCUT2D eigenvalue weighted by Crippen LogP contribution is 2.55. The van der Waals surface area contributed by atoms with Crippen LogP contribution in [0.3, 0.4) is 0 Å². The topological polar surface area (TPSA) is 0 Å². The minimum absolute atomic E-state index is 0.742. The number of fused-ring (bicyclic) bond motifs is 1. The molecule has 0 N–H and O–H groups in total. The van der Waals surface area contributed by atoms with Gasteiger partial charge in [0.15, 0.2) is 0 Å². The number of hydrogen-bond donors (Lipinski definition) is 0. The summed E-state index contributed by atoms with van der Waals surface area (Å²) < 4.78 is 0. The summed E-state index contributed by atoms with van der Waals surface area (Å²) in [4.78, 5) is 0. The Morgan fingerprint density at radius 1 is 0.750 bits per heavy atom. The molecule has 0 amide bonds. The Morgan fingerprint density at radius 2 is 1.44 bits per heavy atom. The van der Waals surface area contributed by atoms with Crippen molar-refractivity contribution >= 4 is 0 Å². The molecular weight excluding hydrogens is 192 g/mol. The maximum atomic E-state index is 2.64. The van der Waals surface area contributed by atoms with Crippen molar-refractivity contribution in [2.75, 3.05) is 0 Å². The first-order chi connectivity index (χ1) is 7.80. The van der Waals surface area contributed by atoms with Crippen LogP contribution in [-0.4, -0.2) is 0 Å². The van der Waals surface area contributed by atoms with Crippen molar-refractivity contribution in [3.63, 3.8) is 0 Å². The van der Waals surface area contributed by atoms with E-state index in [4.69, 9.17) is 0 Å². The summed E-state index contributed by atoms with van der Waals surface area (Å²) in [6.45, 7) is 2.64. The second-order valence-corrected chi connectivity index (χ2v) is 7.11. The van der Waals surface area contributed by atoms with E-state index in [1.165, 1.54) is 19.3 Å². The third kappa shape index (κ3) is 1.83. The van der Waals surface area contributed by atoms with Crippen LogP contribution in [0.15, 0.2) is 0 Å². The van der Waals surface area contributed by atoms with Crippen molar-refractivity contribution in [3.05, 3.63) is 0 Å². The molecule has 0 heteroatoms. The van der Waals surface area contributed by atoms with E-state index in [2.05, 4.69) is 6.92 Å². The molecule has 3 aliphatic carbocycles. The Bertz CT molecular complexity index is 236. The van der Waals surface area contributed by atoms with E-state index in [1.807, 2.05) is 0 Å². The molecule has 0 heterocycles. The summed E-state index contributed by atoms with van der Waals surface area (Å²) in [5.74, 6) is 3.38. The van der Waals surface area contributed by atoms with Gasteiger partial charge in [0.25, 0.3) is 0 Å². The molecule has 0 aromatic heterocycles. The van der Waals surface area contributed by atoms with Crippen molar-refractivity contribution in [2.24, 2.45) is 23.2 Å². The van der Waals surface area contributed by atoms with Crippen molar-refractivity contribution in [3.8, 4) is 0 Å². The lowest BCUT2D eigenvalue weighted by molar-refractivity contribution is 0.0237. The molecule has 3 atom stereocenters. The molecule has 92 valence electrons. The van der Waals surface area contributed by atoms with Crippen molar-refractivity contribution in [2.45, 2.75) is 77.6 Å². The molecular formula is C16H28. The largest absolute Gasteiger partial charge is 0.0594 e. The average molecular weight is 220 g/mol. The maximum absolute atomic E-state index is 2.64. The lowest BCUT2D eigenvalue weighted by Crippen LogP contribution is -2.38. The molecule has 3 aliphatic rings. The second kappa shape index (κ2) is 4.35. The summed E-state index contributed by atoms with van der Waals surface area (Å²) in [5, 5.41) is 0. The van der Waals surface area contributed by atoms with Gasteiger partial charge in [-0.15, -0.1) is 0 Å². The SMILES string of the molecule is CC1(C2CCCC3CCCC32)CCCCC1. The van der Waals surface area contributed by atoms with Crippen LogP contribution in [0.25, 0.3) is 0 Å². The molecule has 0 saturated heterocycles. The van der Waals surface area contributed by atoms with Crippen molar-refractivity contribution in [1.29, 1.82) is 0 Å². The van der Waals surface area contributed by atoms with Crippen LogP contribution < -0.4 is 0 Å². The third-order valence-corrected chi connectivity index (χ3v) is 6.22. The Kier molecular flexibility index (Phi) is 3.02. The molecule has 16 heavy (non-hydrogen) atoms. The first-order valence-electron chi connectivity index (χ1n) is 7.80. The molecule has 3 fully saturated rings. The second-order valence-electron chi connectivity index (χ2n) is 7.11. The Morgan fingerprint density at radius 3 is 2.19 bits per heavy atom. The zero-order valence-electron chi connectivity index (χ0n) is 11.0. The number of hydrogen-bond acceptors (Lipinski definition) is 0. The zero-order chi connectivity index (χ0) is 11.0. The van der Waals surface area contributed by atoms with E-state index < -0.39 is 0 Å². The fourth-order valence-corrected chi connectivity index (χ4v) is 5.36. The van der Waals surface area contributed by atoms with Gasteiger partial charge in [0.2, 0.25) is 0 Å². The van der Waals surface area contributed by atoms with Crippen LogP contribution in [0.4, 0.5) is 0 Å². The first kappa shape index (κ1) is 11.1. The molecule has 3 unspecified atom stereocenters. The van der Waals surface area contributed by atoms with Gasteiger partial charge < -0.3 is 0 Å². The van der Waals surface area contributed by atoms with Crippen LogP contribution >= 0.6 is 0 Å². The molecule has 0 aromatic rings. The Hall–Kier alpha value is 0. The van der Waals surface area contributed by atoms with E-state index in [0.29, 0.717) is 0 Å². The first-order valence-corrected chi connectivity index (χ1v) is 7.80. The van der Waals surface area contributed by atoms with Gasteiger partial charge in [-0.1, -0.05) is 51.9 Å². The lowest BCUT2D eigenvalue weighted by Gasteiger charge is -2.48. The maximum Gasteiger partial charge on any atom is -0.0295 e. The highest BCUT2D eigenvalue weighted by atomic mass is 14.5. The number of rotatable bonds is 1. The Labute approximate surface area is 101 Å². The van der Waals surface area contributed by atoms with Crippen LogP contribution in [-0.2, 0) is 0 Å². The molecule has 0 radical (unpaired) electrons. The lowest BCUT2D eigenvalue weighted by atomic mass is 9.57. The zero-order valence-corrected chi connectivity index (χ0v) is 11.0. The molecule has 0 bridgehead atoms. The monoisotopic (exact) mass is 220 g/mol. The fourth-order valence-electron chi connectivity index (χ4n) is 5.36. The van der Waals surface area contributed by atoms with Gasteiger partial charge in [0, 0.05) is 0 Å². The van der Waals surface area contributed by atoms with Gasteiger partial charge in [-0.25, -0.2) is 0 Å². The van der Waals surface area contributed by atoms with Gasteiger partial charge in [-0.05, 0) is 48.9 Å². The summed E-state index contributed by atoms with van der Waals surface area (Å²) in [6, 6.07) is 0. The van der Waals surface area contributed by atoms with Gasteiger partial charge in [-0.2, -0.15) is 0 Å². The van der Waals surface area contributed by atoms with Crippen LogP contribution in [0.1, 0.15) is 77.6 Å². The standard InChI is InChI=1S/C16H28/c1-16(11-3-2-4-12-16)15-10-6-8-13-7-5-9-14(13)15/h13-15H,2-12H2,1H3. The molecule has 3 saturated carbocycles. The van der Waals surface area contributed by atoms with Gasteiger partial charge in [0.1, 0.15) is 0 Å². The van der Waals surface area contributed by atoms with Gasteiger partial charge in [0.05, 0.1) is 0 Å². The minimum atomic E-state index is 0.742. The highest BCUT2D eigenvalue weighted by Gasteiger charge is 2.45. The summed E-state index contributed by atoms with van der Waals surface area (Å²) >= 11 is 0. The molecule has 0 spiro atoms. The highest BCUT2D eigenvalue weighted by molar-refractivity contribution is 4.95. The van der Waals surface area contributed by atoms with E-state index in [-0.39, 0.29) is 0 Å². The normalized spacial score (nSPS) is 42.9. The quantitative estimate of drug-likeness (QED) is 0.571. The molecule has 0 aromatic carbocycles. The molecule has 0 nitrogen and oxygen atoms in total. The van der Waals surface area contributed by atoms with Gasteiger partial charge in [-0.3, -0.25) is 0 Å². The van der Waals surface area contributed by atoms with E-state index in [1.54, 1.807) is 51.4 Å².